The zero-order valence-corrected chi connectivity index (χ0v) is 13.0. The molecule has 0 fully saturated rings. The Morgan fingerprint density at radius 3 is 2.76 bits per heavy atom. The lowest BCUT2D eigenvalue weighted by Crippen LogP contribution is -2.06. The van der Waals surface area contributed by atoms with Crippen LogP contribution in [-0.4, -0.2) is 14.9 Å². The van der Waals surface area contributed by atoms with E-state index in [1.165, 1.54) is 18.2 Å². The van der Waals surface area contributed by atoms with E-state index in [2.05, 4.69) is 5.10 Å². The molecule has 1 N–H and O–H groups in total. The fraction of sp³-hybridized carbons (Fsp3) is 0.400. The van der Waals surface area contributed by atoms with Crippen LogP contribution in [0.25, 0.3) is 0 Å². The highest BCUT2D eigenvalue weighted by Crippen LogP contribution is 2.28. The van der Waals surface area contributed by atoms with Gasteiger partial charge in [-0.15, -0.1) is 0 Å². The van der Waals surface area contributed by atoms with Crippen LogP contribution in [0.5, 0.6) is 5.75 Å². The maximum atomic E-state index is 13.2. The highest BCUT2D eigenvalue weighted by atomic mass is 35.5. The summed E-state index contributed by atoms with van der Waals surface area (Å²) in [6, 6.07) is 4.06. The SMILES string of the molecule is CCc1nn(C)c(COc2ccc(F)cc2[C@@H](C)O)c1Cl. The van der Waals surface area contributed by atoms with Crippen LogP contribution in [0, 0.1) is 5.82 Å². The summed E-state index contributed by atoms with van der Waals surface area (Å²) in [5.41, 5.74) is 1.96. The Morgan fingerprint density at radius 1 is 1.48 bits per heavy atom. The van der Waals surface area contributed by atoms with E-state index < -0.39 is 11.9 Å². The second-order valence-corrected chi connectivity index (χ2v) is 5.21. The topological polar surface area (TPSA) is 47.3 Å². The van der Waals surface area contributed by atoms with Crippen molar-refractivity contribution in [1.82, 2.24) is 9.78 Å². The van der Waals surface area contributed by atoms with E-state index >= 15 is 0 Å². The van der Waals surface area contributed by atoms with E-state index in [4.69, 9.17) is 16.3 Å². The molecule has 0 aliphatic heterocycles. The van der Waals surface area contributed by atoms with Gasteiger partial charge in [0.05, 0.1) is 22.5 Å². The lowest BCUT2D eigenvalue weighted by atomic mass is 10.1. The zero-order chi connectivity index (χ0) is 15.6. The predicted molar refractivity (Wildman–Crippen MR) is 79.0 cm³/mol. The molecule has 114 valence electrons. The predicted octanol–water partition coefficient (Wildman–Crippen LogP) is 3.41. The van der Waals surface area contributed by atoms with Gasteiger partial charge < -0.3 is 9.84 Å². The molecule has 0 radical (unpaired) electrons. The third-order valence-corrected chi connectivity index (χ3v) is 3.73. The van der Waals surface area contributed by atoms with Crippen LogP contribution >= 0.6 is 11.6 Å². The van der Waals surface area contributed by atoms with Crippen LogP contribution < -0.4 is 4.74 Å². The summed E-state index contributed by atoms with van der Waals surface area (Å²) in [6.07, 6.45) is -0.0776. The zero-order valence-electron chi connectivity index (χ0n) is 12.2. The molecule has 0 aliphatic carbocycles. The summed E-state index contributed by atoms with van der Waals surface area (Å²) in [4.78, 5) is 0. The molecule has 1 heterocycles. The van der Waals surface area contributed by atoms with Crippen LogP contribution in [0.15, 0.2) is 18.2 Å². The average Bonchev–Trinajstić information content (AvgIpc) is 2.72. The minimum Gasteiger partial charge on any atom is -0.487 e. The number of rotatable bonds is 5. The van der Waals surface area contributed by atoms with Crippen molar-refractivity contribution in [3.63, 3.8) is 0 Å². The first-order chi connectivity index (χ1) is 9.93. The van der Waals surface area contributed by atoms with Gasteiger partial charge in [-0.25, -0.2) is 4.39 Å². The van der Waals surface area contributed by atoms with E-state index in [9.17, 15) is 9.50 Å². The number of aryl methyl sites for hydroxylation is 2. The van der Waals surface area contributed by atoms with Crippen molar-refractivity contribution >= 4 is 11.6 Å². The maximum absolute atomic E-state index is 13.2. The summed E-state index contributed by atoms with van der Waals surface area (Å²) in [5.74, 6) is 0.0202. The summed E-state index contributed by atoms with van der Waals surface area (Å²) >= 11 is 6.25. The van der Waals surface area contributed by atoms with Crippen LogP contribution in [0.1, 0.15) is 36.9 Å². The van der Waals surface area contributed by atoms with Gasteiger partial charge in [-0.05, 0) is 31.5 Å². The standard InChI is InChI=1S/C15H18ClFN2O2/c1-4-12-15(16)13(19(3)18-12)8-21-14-6-5-10(17)7-11(14)9(2)20/h5-7,9,20H,4,8H2,1-3H3/t9-/m1/s1. The minimum absolute atomic E-state index is 0.202. The van der Waals surface area contributed by atoms with Crippen LogP contribution in [0.3, 0.4) is 0 Å². The highest BCUT2D eigenvalue weighted by molar-refractivity contribution is 6.31. The molecule has 0 bridgehead atoms. The van der Waals surface area contributed by atoms with Crippen LogP contribution in [0.4, 0.5) is 4.39 Å². The molecule has 2 rings (SSSR count). The van der Waals surface area contributed by atoms with E-state index in [0.717, 1.165) is 17.8 Å². The fourth-order valence-corrected chi connectivity index (χ4v) is 2.45. The number of ether oxygens (including phenoxy) is 1. The molecular weight excluding hydrogens is 295 g/mol. The molecule has 0 unspecified atom stereocenters. The van der Waals surface area contributed by atoms with Gasteiger partial charge in [0.2, 0.25) is 0 Å². The van der Waals surface area contributed by atoms with E-state index in [0.29, 0.717) is 16.3 Å². The lowest BCUT2D eigenvalue weighted by Gasteiger charge is -2.13. The van der Waals surface area contributed by atoms with Crippen molar-refractivity contribution in [2.24, 2.45) is 7.05 Å². The van der Waals surface area contributed by atoms with E-state index in [1.54, 1.807) is 18.7 Å². The number of halogens is 2. The van der Waals surface area contributed by atoms with Gasteiger partial charge in [-0.1, -0.05) is 18.5 Å². The van der Waals surface area contributed by atoms with Gasteiger partial charge in [0, 0.05) is 12.6 Å². The van der Waals surface area contributed by atoms with Gasteiger partial charge in [-0.3, -0.25) is 4.68 Å². The van der Waals surface area contributed by atoms with Gasteiger partial charge in [0.1, 0.15) is 18.2 Å². The quantitative estimate of drug-likeness (QED) is 0.920. The Bertz CT molecular complexity index is 641. The Hall–Kier alpha value is -1.59. The summed E-state index contributed by atoms with van der Waals surface area (Å²) < 4.78 is 20.6. The van der Waals surface area contributed by atoms with E-state index in [1.807, 2.05) is 6.92 Å². The molecule has 1 aromatic heterocycles. The molecule has 0 saturated carbocycles. The van der Waals surface area contributed by atoms with Crippen molar-refractivity contribution in [3.8, 4) is 5.75 Å². The number of aliphatic hydroxyl groups excluding tert-OH is 1. The van der Waals surface area contributed by atoms with Crippen molar-refractivity contribution in [1.29, 1.82) is 0 Å². The molecule has 1 aromatic carbocycles. The second-order valence-electron chi connectivity index (χ2n) is 4.83. The fourth-order valence-electron chi connectivity index (χ4n) is 2.10. The lowest BCUT2D eigenvalue weighted by molar-refractivity contribution is 0.189. The third-order valence-electron chi connectivity index (χ3n) is 3.29. The first kappa shape index (κ1) is 15.8. The number of nitrogens with zero attached hydrogens (tertiary/aromatic N) is 2. The molecule has 0 amide bonds. The number of benzene rings is 1. The third kappa shape index (κ3) is 3.36. The summed E-state index contributed by atoms with van der Waals surface area (Å²) in [6.45, 7) is 3.74. The maximum Gasteiger partial charge on any atom is 0.131 e. The van der Waals surface area contributed by atoms with Crippen molar-refractivity contribution < 1.29 is 14.2 Å². The number of aliphatic hydroxyl groups is 1. The average molecular weight is 313 g/mol. The highest BCUT2D eigenvalue weighted by Gasteiger charge is 2.15. The Balaban J connectivity index is 2.23. The normalized spacial score (nSPS) is 12.5. The molecule has 1 atom stereocenters. The van der Waals surface area contributed by atoms with Gasteiger partial charge in [0.15, 0.2) is 0 Å². The largest absolute Gasteiger partial charge is 0.487 e. The van der Waals surface area contributed by atoms with Crippen molar-refractivity contribution in [2.45, 2.75) is 33.0 Å². The minimum atomic E-state index is -0.816. The molecule has 0 spiro atoms. The molecule has 0 aliphatic rings. The molecule has 6 heteroatoms. The monoisotopic (exact) mass is 312 g/mol. The number of hydrogen-bond acceptors (Lipinski definition) is 3. The molecule has 2 aromatic rings. The molecular formula is C15H18ClFN2O2. The Kier molecular flexibility index (Phi) is 4.85. The van der Waals surface area contributed by atoms with Crippen molar-refractivity contribution in [3.05, 3.63) is 46.0 Å². The smallest absolute Gasteiger partial charge is 0.131 e. The van der Waals surface area contributed by atoms with Gasteiger partial charge in [0.25, 0.3) is 0 Å². The Morgan fingerprint density at radius 2 is 2.19 bits per heavy atom. The van der Waals surface area contributed by atoms with Crippen LogP contribution in [0.2, 0.25) is 5.02 Å². The van der Waals surface area contributed by atoms with Gasteiger partial charge in [-0.2, -0.15) is 5.10 Å². The summed E-state index contributed by atoms with van der Waals surface area (Å²) in [5, 5.41) is 14.6. The summed E-state index contributed by atoms with van der Waals surface area (Å²) in [7, 11) is 1.80. The first-order valence-electron chi connectivity index (χ1n) is 6.74. The first-order valence-corrected chi connectivity index (χ1v) is 7.12. The van der Waals surface area contributed by atoms with E-state index in [-0.39, 0.29) is 6.61 Å². The number of hydrogen-bond donors (Lipinski definition) is 1. The number of aromatic nitrogens is 2. The van der Waals surface area contributed by atoms with Crippen molar-refractivity contribution in [2.75, 3.05) is 0 Å². The Labute approximate surface area is 128 Å². The van der Waals surface area contributed by atoms with Gasteiger partial charge >= 0.3 is 0 Å². The van der Waals surface area contributed by atoms with Crippen LogP contribution in [-0.2, 0) is 20.1 Å². The second kappa shape index (κ2) is 6.45. The molecule has 0 saturated heterocycles. The molecule has 4 nitrogen and oxygen atoms in total. The molecule has 21 heavy (non-hydrogen) atoms.